The normalized spacial score (nSPS) is 12.7. The lowest BCUT2D eigenvalue weighted by molar-refractivity contribution is 0.178. The van der Waals surface area contributed by atoms with Gasteiger partial charge >= 0.3 is 0 Å². The second-order valence-electron chi connectivity index (χ2n) is 6.88. The summed E-state index contributed by atoms with van der Waals surface area (Å²) in [7, 11) is 0. The van der Waals surface area contributed by atoms with E-state index in [1.807, 2.05) is 0 Å². The molecule has 138 valence electrons. The minimum atomic E-state index is 0.483. The fourth-order valence-electron chi connectivity index (χ4n) is 2.58. The molecule has 0 fully saturated rings. The van der Waals surface area contributed by atoms with Crippen molar-refractivity contribution in [3.05, 3.63) is 16.1 Å². The van der Waals surface area contributed by atoms with Crippen molar-refractivity contribution in [2.75, 3.05) is 19.6 Å². The van der Waals surface area contributed by atoms with Gasteiger partial charge < -0.3 is 10.6 Å². The smallest absolute Gasteiger partial charge is 0.191 e. The topological polar surface area (TPSA) is 52.6 Å². The number of aliphatic imine (C=N–C) groups is 1. The van der Waals surface area contributed by atoms with E-state index in [9.17, 15) is 0 Å². The van der Waals surface area contributed by atoms with Crippen molar-refractivity contribution in [3.63, 3.8) is 0 Å². The molecule has 0 aliphatic rings. The highest BCUT2D eigenvalue weighted by Crippen LogP contribution is 2.19. The van der Waals surface area contributed by atoms with Crippen LogP contribution in [0.1, 0.15) is 65.1 Å². The van der Waals surface area contributed by atoms with E-state index in [0.717, 1.165) is 31.3 Å². The highest BCUT2D eigenvalue weighted by molar-refractivity contribution is 7.09. The van der Waals surface area contributed by atoms with Gasteiger partial charge in [-0.1, -0.05) is 13.8 Å². The van der Waals surface area contributed by atoms with Gasteiger partial charge in [-0.15, -0.1) is 11.3 Å². The molecule has 0 saturated carbocycles. The van der Waals surface area contributed by atoms with Crippen LogP contribution in [0.25, 0.3) is 0 Å². The maximum Gasteiger partial charge on any atom is 0.191 e. The number of aromatic nitrogens is 1. The first-order valence-corrected chi connectivity index (χ1v) is 9.95. The van der Waals surface area contributed by atoms with Crippen molar-refractivity contribution in [1.82, 2.24) is 20.5 Å². The predicted molar refractivity (Wildman–Crippen MR) is 106 cm³/mol. The van der Waals surface area contributed by atoms with E-state index in [-0.39, 0.29) is 0 Å². The number of hydrogen-bond donors (Lipinski definition) is 2. The van der Waals surface area contributed by atoms with Crippen LogP contribution in [-0.4, -0.2) is 47.6 Å². The Hall–Kier alpha value is -1.14. The molecule has 24 heavy (non-hydrogen) atoms. The van der Waals surface area contributed by atoms with Crippen LogP contribution >= 0.6 is 11.3 Å². The second kappa shape index (κ2) is 10.7. The molecule has 0 saturated heterocycles. The summed E-state index contributed by atoms with van der Waals surface area (Å²) in [5, 5.41) is 10.0. The number of rotatable bonds is 9. The van der Waals surface area contributed by atoms with Crippen molar-refractivity contribution in [2.45, 2.75) is 73.0 Å². The van der Waals surface area contributed by atoms with Crippen LogP contribution in [0.4, 0.5) is 0 Å². The zero-order valence-electron chi connectivity index (χ0n) is 16.4. The number of hydrogen-bond acceptors (Lipinski definition) is 4. The summed E-state index contributed by atoms with van der Waals surface area (Å²) in [5.74, 6) is 1.35. The van der Waals surface area contributed by atoms with Crippen molar-refractivity contribution >= 4 is 17.3 Å². The van der Waals surface area contributed by atoms with Gasteiger partial charge in [-0.05, 0) is 34.6 Å². The average Bonchev–Trinajstić information content (AvgIpc) is 2.97. The minimum absolute atomic E-state index is 0.483. The highest BCUT2D eigenvalue weighted by atomic mass is 32.1. The third-order valence-corrected chi connectivity index (χ3v) is 4.99. The molecule has 6 heteroatoms. The zero-order chi connectivity index (χ0) is 18.1. The van der Waals surface area contributed by atoms with E-state index in [4.69, 9.17) is 0 Å². The Balaban J connectivity index is 2.55. The summed E-state index contributed by atoms with van der Waals surface area (Å²) < 4.78 is 0. The lowest BCUT2D eigenvalue weighted by atomic mass is 10.2. The Labute approximate surface area is 152 Å². The van der Waals surface area contributed by atoms with Crippen LogP contribution in [0.3, 0.4) is 0 Å². The molecule has 5 nitrogen and oxygen atoms in total. The van der Waals surface area contributed by atoms with Crippen LogP contribution < -0.4 is 10.6 Å². The molecule has 1 rings (SSSR count). The molecule has 0 unspecified atom stereocenters. The first-order valence-electron chi connectivity index (χ1n) is 9.07. The van der Waals surface area contributed by atoms with E-state index in [0.29, 0.717) is 24.5 Å². The summed E-state index contributed by atoms with van der Waals surface area (Å²) >= 11 is 1.72. The monoisotopic (exact) mass is 353 g/mol. The van der Waals surface area contributed by atoms with E-state index >= 15 is 0 Å². The summed E-state index contributed by atoms with van der Waals surface area (Å²) in [6, 6.07) is 1.10. The van der Waals surface area contributed by atoms with Gasteiger partial charge in [-0.3, -0.25) is 4.90 Å². The molecule has 0 atom stereocenters. The van der Waals surface area contributed by atoms with Gasteiger partial charge in [-0.25, -0.2) is 9.98 Å². The number of thiazole rings is 1. The Bertz CT molecular complexity index is 485. The Morgan fingerprint density at radius 1 is 1.17 bits per heavy atom. The molecule has 0 radical (unpaired) electrons. The molecule has 0 spiro atoms. The van der Waals surface area contributed by atoms with Gasteiger partial charge in [0.25, 0.3) is 0 Å². The van der Waals surface area contributed by atoms with Crippen molar-refractivity contribution in [3.8, 4) is 0 Å². The standard InChI is InChI=1S/C18H35N5S/c1-8-19-18(20-9-10-23(14(4)5)15(6)7)21-11-16-12-24-17(22-16)13(2)3/h12-15H,8-11H2,1-7H3,(H2,19,20,21). The predicted octanol–water partition coefficient (Wildman–Crippen LogP) is 3.44. The summed E-state index contributed by atoms with van der Waals surface area (Å²) in [6.07, 6.45) is 0. The molecular weight excluding hydrogens is 318 g/mol. The minimum Gasteiger partial charge on any atom is -0.357 e. The van der Waals surface area contributed by atoms with Crippen molar-refractivity contribution < 1.29 is 0 Å². The van der Waals surface area contributed by atoms with Gasteiger partial charge in [-0.2, -0.15) is 0 Å². The molecule has 2 N–H and O–H groups in total. The van der Waals surface area contributed by atoms with Crippen LogP contribution in [0, 0.1) is 0 Å². The van der Waals surface area contributed by atoms with Gasteiger partial charge in [0.15, 0.2) is 5.96 Å². The third kappa shape index (κ3) is 7.18. The fraction of sp³-hybridized carbons (Fsp3) is 0.778. The van der Waals surface area contributed by atoms with Gasteiger partial charge in [0.2, 0.25) is 0 Å². The summed E-state index contributed by atoms with van der Waals surface area (Å²) in [6.45, 7) is 18.8. The molecule has 1 heterocycles. The number of nitrogens with one attached hydrogen (secondary N) is 2. The number of nitrogens with zero attached hydrogens (tertiary/aromatic N) is 3. The first kappa shape index (κ1) is 20.9. The van der Waals surface area contributed by atoms with Crippen molar-refractivity contribution in [1.29, 1.82) is 0 Å². The second-order valence-corrected chi connectivity index (χ2v) is 7.77. The lowest BCUT2D eigenvalue weighted by Crippen LogP contribution is -2.45. The van der Waals surface area contributed by atoms with Gasteiger partial charge in [0.05, 0.1) is 17.2 Å². The zero-order valence-corrected chi connectivity index (χ0v) is 17.2. The van der Waals surface area contributed by atoms with E-state index in [1.54, 1.807) is 11.3 Å². The van der Waals surface area contributed by atoms with Crippen LogP contribution in [-0.2, 0) is 6.54 Å². The maximum absolute atomic E-state index is 4.66. The van der Waals surface area contributed by atoms with Gasteiger partial charge in [0, 0.05) is 43.0 Å². The average molecular weight is 354 g/mol. The van der Waals surface area contributed by atoms with Crippen LogP contribution in [0.15, 0.2) is 10.4 Å². The molecule has 0 aliphatic heterocycles. The Kier molecular flexibility index (Phi) is 9.29. The van der Waals surface area contributed by atoms with Crippen LogP contribution in [0.2, 0.25) is 0 Å². The molecule has 1 aromatic rings. The molecule has 0 aliphatic carbocycles. The molecule has 1 aromatic heterocycles. The lowest BCUT2D eigenvalue weighted by Gasteiger charge is -2.30. The Morgan fingerprint density at radius 2 is 1.83 bits per heavy atom. The van der Waals surface area contributed by atoms with E-state index in [2.05, 4.69) is 79.4 Å². The number of guanidine groups is 1. The van der Waals surface area contributed by atoms with E-state index in [1.165, 1.54) is 5.01 Å². The SMILES string of the molecule is CCNC(=NCc1csc(C(C)C)n1)NCCN(C(C)C)C(C)C. The van der Waals surface area contributed by atoms with E-state index < -0.39 is 0 Å². The third-order valence-electron chi connectivity index (χ3n) is 3.80. The maximum atomic E-state index is 4.66. The van der Waals surface area contributed by atoms with Crippen LogP contribution in [0.5, 0.6) is 0 Å². The highest BCUT2D eigenvalue weighted by Gasteiger charge is 2.12. The molecule has 0 bridgehead atoms. The summed E-state index contributed by atoms with van der Waals surface area (Å²) in [4.78, 5) is 11.8. The molecular formula is C18H35N5S. The van der Waals surface area contributed by atoms with Gasteiger partial charge in [0.1, 0.15) is 0 Å². The fourth-order valence-corrected chi connectivity index (χ4v) is 3.40. The summed E-state index contributed by atoms with van der Waals surface area (Å²) in [5.41, 5.74) is 1.05. The Morgan fingerprint density at radius 3 is 2.33 bits per heavy atom. The molecule has 0 aromatic carbocycles. The largest absolute Gasteiger partial charge is 0.357 e. The quantitative estimate of drug-likeness (QED) is 0.527. The molecule has 0 amide bonds. The first-order chi connectivity index (χ1) is 11.3. The van der Waals surface area contributed by atoms with Crippen molar-refractivity contribution in [2.24, 2.45) is 4.99 Å².